The van der Waals surface area contributed by atoms with Gasteiger partial charge in [-0.1, -0.05) is 68.1 Å². The number of nitrogens with one attached hydrogen (secondary N) is 1. The van der Waals surface area contributed by atoms with E-state index in [1.54, 1.807) is 4.90 Å². The number of thioether (sulfide) groups is 1. The molecule has 1 aromatic heterocycles. The first-order chi connectivity index (χ1) is 21.5. The van der Waals surface area contributed by atoms with Gasteiger partial charge in [0.1, 0.15) is 12.1 Å². The zero-order valence-corrected chi connectivity index (χ0v) is 26.2. The molecule has 0 saturated carbocycles. The predicted octanol–water partition coefficient (Wildman–Crippen LogP) is 7.29. The van der Waals surface area contributed by atoms with Crippen molar-refractivity contribution in [2.24, 2.45) is 4.99 Å². The third kappa shape index (κ3) is 8.17. The number of amidine groups is 1. The van der Waals surface area contributed by atoms with E-state index in [-0.39, 0.29) is 22.7 Å². The van der Waals surface area contributed by atoms with Gasteiger partial charge in [-0.25, -0.2) is 9.67 Å². The monoisotopic (exact) mass is 650 g/mol. The zero-order chi connectivity index (χ0) is 32.1. The number of ether oxygens (including phenoxy) is 1. The van der Waals surface area contributed by atoms with Crippen molar-refractivity contribution in [1.82, 2.24) is 20.1 Å². The lowest BCUT2D eigenvalue weighted by Gasteiger charge is -2.22. The van der Waals surface area contributed by atoms with E-state index in [0.29, 0.717) is 29.0 Å². The van der Waals surface area contributed by atoms with Crippen molar-refractivity contribution in [2.45, 2.75) is 33.1 Å². The SMILES string of the molecule is Cc1ccc(C(C)C)c(N2C(=O)CSC2=NC(=S)NC/C=C/c2cccc(-c3ncn(-c4ccc(OC(F)(F)F)cc4)n3)c2)c1. The lowest BCUT2D eigenvalue weighted by Crippen LogP contribution is -2.32. The molecular formula is C32H29F3N6O2S2. The summed E-state index contributed by atoms with van der Waals surface area (Å²) in [6.45, 7) is 6.61. The van der Waals surface area contributed by atoms with Crippen molar-refractivity contribution in [1.29, 1.82) is 0 Å². The van der Waals surface area contributed by atoms with Crippen LogP contribution in [0.3, 0.4) is 0 Å². The van der Waals surface area contributed by atoms with E-state index in [1.165, 1.54) is 47.0 Å². The molecule has 5 rings (SSSR count). The molecule has 0 bridgehead atoms. The smallest absolute Gasteiger partial charge is 0.406 e. The van der Waals surface area contributed by atoms with Crippen LogP contribution < -0.4 is 15.0 Å². The summed E-state index contributed by atoms with van der Waals surface area (Å²) in [5.74, 6) is 0.660. The van der Waals surface area contributed by atoms with E-state index < -0.39 is 6.36 Å². The molecule has 13 heteroatoms. The van der Waals surface area contributed by atoms with Crippen LogP contribution in [0, 0.1) is 6.92 Å². The largest absolute Gasteiger partial charge is 0.573 e. The Morgan fingerprint density at radius 1 is 1.16 bits per heavy atom. The van der Waals surface area contributed by atoms with Gasteiger partial charge >= 0.3 is 6.36 Å². The van der Waals surface area contributed by atoms with Gasteiger partial charge in [-0.2, -0.15) is 4.99 Å². The van der Waals surface area contributed by atoms with Crippen molar-refractivity contribution in [3.05, 3.63) is 95.8 Å². The van der Waals surface area contributed by atoms with Gasteiger partial charge in [-0.3, -0.25) is 9.69 Å². The highest BCUT2D eigenvalue weighted by atomic mass is 32.2. The predicted molar refractivity (Wildman–Crippen MR) is 176 cm³/mol. The molecule has 1 aliphatic rings. The van der Waals surface area contributed by atoms with Gasteiger partial charge in [0.05, 0.1) is 17.1 Å². The number of carbonyl (C=O) groups is 1. The number of hydrogen-bond acceptors (Lipinski definition) is 6. The number of anilines is 1. The molecule has 0 radical (unpaired) electrons. The summed E-state index contributed by atoms with van der Waals surface area (Å²) in [4.78, 5) is 23.4. The second-order valence-corrected chi connectivity index (χ2v) is 11.7. The fraction of sp³-hybridized carbons (Fsp3) is 0.219. The highest BCUT2D eigenvalue weighted by Crippen LogP contribution is 2.34. The van der Waals surface area contributed by atoms with Gasteiger partial charge in [-0.15, -0.1) is 18.3 Å². The number of aryl methyl sites for hydroxylation is 1. The summed E-state index contributed by atoms with van der Waals surface area (Å²) in [5.41, 5.74) is 5.18. The van der Waals surface area contributed by atoms with Crippen molar-refractivity contribution in [2.75, 3.05) is 17.2 Å². The standard InChI is InChI=1S/C32H29F3N6O2S2/c1-20(2)26-14-9-21(3)16-27(26)41-28(42)18-45-31(41)38-30(44)36-15-5-7-22-6-4-8-23(17-22)29-37-19-40(39-29)24-10-12-25(13-11-24)43-32(33,34)35/h4-14,16-17,19-20H,15,18H2,1-3H3,(H,36,44)/b7-5+,38-31?. The van der Waals surface area contributed by atoms with Crippen molar-refractivity contribution < 1.29 is 22.7 Å². The molecule has 4 aromatic rings. The summed E-state index contributed by atoms with van der Waals surface area (Å²) < 4.78 is 42.7. The maximum Gasteiger partial charge on any atom is 0.573 e. The molecule has 45 heavy (non-hydrogen) atoms. The van der Waals surface area contributed by atoms with Gasteiger partial charge in [0.15, 0.2) is 16.1 Å². The van der Waals surface area contributed by atoms with Crippen LogP contribution in [0.15, 0.2) is 84.1 Å². The molecule has 1 saturated heterocycles. The lowest BCUT2D eigenvalue weighted by atomic mass is 9.99. The molecule has 0 spiro atoms. The number of carbonyl (C=O) groups excluding carboxylic acids is 1. The average molecular weight is 651 g/mol. The summed E-state index contributed by atoms with van der Waals surface area (Å²) in [7, 11) is 0. The van der Waals surface area contributed by atoms with Crippen molar-refractivity contribution in [3.8, 4) is 22.8 Å². The number of nitrogens with zero attached hydrogens (tertiary/aromatic N) is 5. The number of aliphatic imine (C=N–C) groups is 1. The molecule has 2 heterocycles. The van der Waals surface area contributed by atoms with Crippen LogP contribution >= 0.6 is 24.0 Å². The average Bonchev–Trinajstić information content (AvgIpc) is 3.62. The summed E-state index contributed by atoms with van der Waals surface area (Å²) >= 11 is 6.84. The van der Waals surface area contributed by atoms with E-state index in [1.807, 2.05) is 55.5 Å². The molecule has 1 fully saturated rings. The molecule has 0 unspecified atom stereocenters. The third-order valence-corrected chi connectivity index (χ3v) is 7.82. The Bertz CT molecular complexity index is 1770. The normalized spacial score (nSPS) is 14.6. The quantitative estimate of drug-likeness (QED) is 0.201. The van der Waals surface area contributed by atoms with Gasteiger partial charge in [0.2, 0.25) is 5.91 Å². The van der Waals surface area contributed by atoms with Crippen molar-refractivity contribution >= 4 is 51.9 Å². The number of hydrogen-bond donors (Lipinski definition) is 1. The number of halogens is 3. The van der Waals surface area contributed by atoms with Crippen LogP contribution in [0.2, 0.25) is 0 Å². The van der Waals surface area contributed by atoms with Crippen LogP contribution in [0.4, 0.5) is 18.9 Å². The molecule has 0 aliphatic carbocycles. The zero-order valence-electron chi connectivity index (χ0n) is 24.6. The third-order valence-electron chi connectivity index (χ3n) is 6.66. The minimum absolute atomic E-state index is 0.0263. The van der Waals surface area contributed by atoms with Crippen LogP contribution in [-0.2, 0) is 4.79 Å². The molecule has 1 aliphatic heterocycles. The Morgan fingerprint density at radius 3 is 2.67 bits per heavy atom. The number of rotatable bonds is 8. The lowest BCUT2D eigenvalue weighted by molar-refractivity contribution is -0.274. The van der Waals surface area contributed by atoms with Crippen LogP contribution in [0.25, 0.3) is 23.2 Å². The van der Waals surface area contributed by atoms with E-state index in [0.717, 1.165) is 27.9 Å². The van der Waals surface area contributed by atoms with E-state index >= 15 is 0 Å². The first kappa shape index (κ1) is 31.9. The Balaban J connectivity index is 1.21. The van der Waals surface area contributed by atoms with E-state index in [4.69, 9.17) is 12.2 Å². The Kier molecular flexibility index (Phi) is 9.68. The second kappa shape index (κ2) is 13.7. The minimum atomic E-state index is -4.75. The molecule has 1 N–H and O–H groups in total. The maximum atomic E-state index is 12.8. The fourth-order valence-corrected chi connectivity index (χ4v) is 5.68. The van der Waals surface area contributed by atoms with E-state index in [9.17, 15) is 18.0 Å². The number of amides is 1. The Labute approximate surface area is 268 Å². The van der Waals surface area contributed by atoms with Crippen molar-refractivity contribution in [3.63, 3.8) is 0 Å². The summed E-state index contributed by atoms with van der Waals surface area (Å²) in [5, 5.41) is 8.40. The number of thiocarbonyl (C=S) groups is 1. The molecule has 8 nitrogen and oxygen atoms in total. The Hall–Kier alpha value is -4.49. The number of benzene rings is 3. The Morgan fingerprint density at radius 2 is 1.93 bits per heavy atom. The van der Waals surface area contributed by atoms with Crippen LogP contribution in [0.5, 0.6) is 5.75 Å². The summed E-state index contributed by atoms with van der Waals surface area (Å²) in [6, 6.07) is 19.1. The topological polar surface area (TPSA) is 84.6 Å². The van der Waals surface area contributed by atoms with Crippen LogP contribution in [0.1, 0.15) is 36.5 Å². The molecule has 3 aromatic carbocycles. The molecule has 1 amide bonds. The first-order valence-corrected chi connectivity index (χ1v) is 15.3. The number of aromatic nitrogens is 3. The maximum absolute atomic E-state index is 12.8. The molecule has 0 atom stereocenters. The highest BCUT2D eigenvalue weighted by molar-refractivity contribution is 8.15. The highest BCUT2D eigenvalue weighted by Gasteiger charge is 2.32. The second-order valence-electron chi connectivity index (χ2n) is 10.4. The van der Waals surface area contributed by atoms with Gasteiger partial charge in [0, 0.05) is 12.1 Å². The molecule has 232 valence electrons. The van der Waals surface area contributed by atoms with Gasteiger partial charge in [-0.05, 0) is 78.1 Å². The fourth-order valence-electron chi connectivity index (χ4n) is 4.59. The number of alkyl halides is 3. The first-order valence-electron chi connectivity index (χ1n) is 13.9. The minimum Gasteiger partial charge on any atom is -0.406 e. The van der Waals surface area contributed by atoms with E-state index in [2.05, 4.69) is 45.0 Å². The van der Waals surface area contributed by atoms with Crippen LogP contribution in [-0.4, -0.2) is 49.6 Å². The molecular weight excluding hydrogens is 622 g/mol. The summed E-state index contributed by atoms with van der Waals surface area (Å²) in [6.07, 6.45) is 0.564. The van der Waals surface area contributed by atoms with Gasteiger partial charge in [0.25, 0.3) is 0 Å². The van der Waals surface area contributed by atoms with Gasteiger partial charge < -0.3 is 10.1 Å².